The standard InChI is InChI=1S/C14H18N4O3/c1-10-11(2)16-17(6-7-19)14(10)15-9-12-4-3-5-13(8-12)18(20)21/h3-5,8,15,19H,6-7,9H2,1-2H3. The Morgan fingerprint density at radius 3 is 2.86 bits per heavy atom. The molecule has 0 atom stereocenters. The highest BCUT2D eigenvalue weighted by Gasteiger charge is 2.11. The van der Waals surface area contributed by atoms with Crippen LogP contribution < -0.4 is 5.32 Å². The van der Waals surface area contributed by atoms with Gasteiger partial charge in [0.25, 0.3) is 5.69 Å². The number of anilines is 1. The molecule has 1 heterocycles. The highest BCUT2D eigenvalue weighted by atomic mass is 16.6. The van der Waals surface area contributed by atoms with Crippen molar-refractivity contribution in [3.63, 3.8) is 0 Å². The van der Waals surface area contributed by atoms with Crippen LogP contribution in [0, 0.1) is 24.0 Å². The molecule has 0 radical (unpaired) electrons. The number of nitro groups is 1. The molecule has 0 aliphatic heterocycles. The molecule has 0 aliphatic rings. The summed E-state index contributed by atoms with van der Waals surface area (Å²) >= 11 is 0. The van der Waals surface area contributed by atoms with Crippen molar-refractivity contribution in [2.24, 2.45) is 0 Å². The Morgan fingerprint density at radius 2 is 2.19 bits per heavy atom. The Labute approximate surface area is 122 Å². The van der Waals surface area contributed by atoms with Crippen molar-refractivity contribution in [2.75, 3.05) is 11.9 Å². The predicted molar refractivity (Wildman–Crippen MR) is 79.2 cm³/mol. The molecule has 0 bridgehead atoms. The summed E-state index contributed by atoms with van der Waals surface area (Å²) in [6.07, 6.45) is 0. The Bertz CT molecular complexity index is 652. The number of hydrogen-bond donors (Lipinski definition) is 2. The van der Waals surface area contributed by atoms with Crippen LogP contribution in [0.25, 0.3) is 0 Å². The first kappa shape index (κ1) is 15.0. The van der Waals surface area contributed by atoms with Gasteiger partial charge < -0.3 is 10.4 Å². The van der Waals surface area contributed by atoms with Crippen LogP contribution in [0.4, 0.5) is 11.5 Å². The molecule has 2 N–H and O–H groups in total. The van der Waals surface area contributed by atoms with E-state index in [4.69, 9.17) is 5.11 Å². The van der Waals surface area contributed by atoms with Crippen molar-refractivity contribution in [1.82, 2.24) is 9.78 Å². The molecule has 0 spiro atoms. The van der Waals surface area contributed by atoms with Gasteiger partial charge in [-0.1, -0.05) is 12.1 Å². The molecule has 7 nitrogen and oxygen atoms in total. The van der Waals surface area contributed by atoms with E-state index in [1.54, 1.807) is 16.8 Å². The van der Waals surface area contributed by atoms with E-state index in [0.717, 1.165) is 22.6 Å². The maximum Gasteiger partial charge on any atom is 0.269 e. The molecular weight excluding hydrogens is 272 g/mol. The molecule has 0 amide bonds. The first-order valence-electron chi connectivity index (χ1n) is 6.65. The van der Waals surface area contributed by atoms with Crippen molar-refractivity contribution in [3.8, 4) is 0 Å². The largest absolute Gasteiger partial charge is 0.394 e. The topological polar surface area (TPSA) is 93.2 Å². The zero-order valence-electron chi connectivity index (χ0n) is 12.0. The first-order chi connectivity index (χ1) is 10.0. The zero-order valence-corrected chi connectivity index (χ0v) is 12.0. The quantitative estimate of drug-likeness (QED) is 0.627. The van der Waals surface area contributed by atoms with Gasteiger partial charge in [-0.05, 0) is 19.4 Å². The summed E-state index contributed by atoms with van der Waals surface area (Å²) in [4.78, 5) is 10.4. The average molecular weight is 290 g/mol. The summed E-state index contributed by atoms with van der Waals surface area (Å²) in [5, 5.41) is 27.4. The van der Waals surface area contributed by atoms with E-state index in [9.17, 15) is 10.1 Å². The average Bonchev–Trinajstić information content (AvgIpc) is 2.72. The van der Waals surface area contributed by atoms with Gasteiger partial charge in [0.1, 0.15) is 5.82 Å². The van der Waals surface area contributed by atoms with Crippen molar-refractivity contribution >= 4 is 11.5 Å². The van der Waals surface area contributed by atoms with Gasteiger partial charge in [-0.3, -0.25) is 10.1 Å². The van der Waals surface area contributed by atoms with Crippen LogP contribution >= 0.6 is 0 Å². The van der Waals surface area contributed by atoms with Gasteiger partial charge in [0.05, 0.1) is 23.8 Å². The number of non-ortho nitro benzene ring substituents is 1. The van der Waals surface area contributed by atoms with Crippen LogP contribution in [0.15, 0.2) is 24.3 Å². The number of nitrogens with zero attached hydrogens (tertiary/aromatic N) is 3. The second kappa shape index (κ2) is 6.36. The lowest BCUT2D eigenvalue weighted by molar-refractivity contribution is -0.384. The molecule has 0 saturated heterocycles. The molecular formula is C14H18N4O3. The molecule has 0 fully saturated rings. The number of nitro benzene ring substituents is 1. The number of aliphatic hydroxyl groups is 1. The van der Waals surface area contributed by atoms with Gasteiger partial charge in [-0.25, -0.2) is 4.68 Å². The molecule has 0 unspecified atom stereocenters. The Hall–Kier alpha value is -2.41. The number of benzene rings is 1. The highest BCUT2D eigenvalue weighted by molar-refractivity contribution is 5.47. The van der Waals surface area contributed by atoms with E-state index in [0.29, 0.717) is 13.1 Å². The van der Waals surface area contributed by atoms with Crippen LogP contribution in [0.1, 0.15) is 16.8 Å². The SMILES string of the molecule is Cc1nn(CCO)c(NCc2cccc([N+](=O)[O-])c2)c1C. The van der Waals surface area contributed by atoms with E-state index in [2.05, 4.69) is 10.4 Å². The zero-order chi connectivity index (χ0) is 15.4. The molecule has 0 aliphatic carbocycles. The number of aromatic nitrogens is 2. The smallest absolute Gasteiger partial charge is 0.269 e. The van der Waals surface area contributed by atoms with Crippen molar-refractivity contribution < 1.29 is 10.0 Å². The lowest BCUT2D eigenvalue weighted by atomic mass is 10.2. The summed E-state index contributed by atoms with van der Waals surface area (Å²) in [6.45, 7) is 4.73. The van der Waals surface area contributed by atoms with Crippen molar-refractivity contribution in [2.45, 2.75) is 26.9 Å². The summed E-state index contributed by atoms with van der Waals surface area (Å²) in [5.74, 6) is 0.827. The van der Waals surface area contributed by atoms with Crippen LogP contribution in [0.2, 0.25) is 0 Å². The third-order valence-corrected chi connectivity index (χ3v) is 3.32. The predicted octanol–water partition coefficient (Wildman–Crippen LogP) is 2.01. The molecule has 2 rings (SSSR count). The van der Waals surface area contributed by atoms with Gasteiger partial charge >= 0.3 is 0 Å². The van der Waals surface area contributed by atoms with Crippen LogP contribution in [-0.2, 0) is 13.1 Å². The van der Waals surface area contributed by atoms with Gasteiger partial charge in [-0.2, -0.15) is 5.10 Å². The fourth-order valence-corrected chi connectivity index (χ4v) is 2.12. The first-order valence-corrected chi connectivity index (χ1v) is 6.65. The molecule has 21 heavy (non-hydrogen) atoms. The summed E-state index contributed by atoms with van der Waals surface area (Å²) in [6, 6.07) is 6.50. The van der Waals surface area contributed by atoms with Gasteiger partial charge in [0.2, 0.25) is 0 Å². The molecule has 112 valence electrons. The maximum absolute atomic E-state index is 10.8. The molecule has 0 saturated carbocycles. The molecule has 1 aromatic heterocycles. The van der Waals surface area contributed by atoms with Crippen LogP contribution in [0.5, 0.6) is 0 Å². The minimum absolute atomic E-state index is 0.00600. The molecule has 2 aromatic rings. The third kappa shape index (κ3) is 3.38. The van der Waals surface area contributed by atoms with E-state index >= 15 is 0 Å². The van der Waals surface area contributed by atoms with Gasteiger partial charge in [0, 0.05) is 24.2 Å². The van der Waals surface area contributed by atoms with Crippen LogP contribution in [0.3, 0.4) is 0 Å². The minimum Gasteiger partial charge on any atom is -0.394 e. The second-order valence-corrected chi connectivity index (χ2v) is 4.79. The summed E-state index contributed by atoms with van der Waals surface area (Å²) in [7, 11) is 0. The number of hydrogen-bond acceptors (Lipinski definition) is 5. The third-order valence-electron chi connectivity index (χ3n) is 3.32. The number of aliphatic hydroxyl groups excluding tert-OH is 1. The van der Waals surface area contributed by atoms with E-state index in [-0.39, 0.29) is 12.3 Å². The van der Waals surface area contributed by atoms with Crippen molar-refractivity contribution in [3.05, 3.63) is 51.2 Å². The van der Waals surface area contributed by atoms with E-state index in [1.807, 2.05) is 19.9 Å². The van der Waals surface area contributed by atoms with Crippen molar-refractivity contribution in [1.29, 1.82) is 0 Å². The number of rotatable bonds is 6. The van der Waals surface area contributed by atoms with E-state index in [1.165, 1.54) is 6.07 Å². The van der Waals surface area contributed by atoms with Gasteiger partial charge in [0.15, 0.2) is 0 Å². The molecule has 1 aromatic carbocycles. The highest BCUT2D eigenvalue weighted by Crippen LogP contribution is 2.20. The minimum atomic E-state index is -0.408. The molecule has 7 heteroatoms. The summed E-state index contributed by atoms with van der Waals surface area (Å²) in [5.41, 5.74) is 2.79. The lowest BCUT2D eigenvalue weighted by Crippen LogP contribution is -2.11. The number of aryl methyl sites for hydroxylation is 1. The maximum atomic E-state index is 10.8. The Kier molecular flexibility index (Phi) is 4.54. The van der Waals surface area contributed by atoms with Gasteiger partial charge in [-0.15, -0.1) is 0 Å². The Morgan fingerprint density at radius 1 is 1.43 bits per heavy atom. The Balaban J connectivity index is 2.16. The van der Waals surface area contributed by atoms with Crippen LogP contribution in [-0.4, -0.2) is 26.4 Å². The summed E-state index contributed by atoms with van der Waals surface area (Å²) < 4.78 is 1.71. The fraction of sp³-hybridized carbons (Fsp3) is 0.357. The fourth-order valence-electron chi connectivity index (χ4n) is 2.12. The van der Waals surface area contributed by atoms with E-state index < -0.39 is 4.92 Å². The number of nitrogens with one attached hydrogen (secondary N) is 1. The normalized spacial score (nSPS) is 10.6. The second-order valence-electron chi connectivity index (χ2n) is 4.79. The lowest BCUT2D eigenvalue weighted by Gasteiger charge is -2.10. The monoisotopic (exact) mass is 290 g/mol.